The van der Waals surface area contributed by atoms with Gasteiger partial charge in [-0.15, -0.1) is 16.4 Å². The molecule has 18 heavy (non-hydrogen) atoms. The van der Waals surface area contributed by atoms with Crippen LogP contribution in [0.2, 0.25) is 0 Å². The second-order valence-electron chi connectivity index (χ2n) is 3.97. The van der Waals surface area contributed by atoms with E-state index in [9.17, 15) is 0 Å². The Hall–Kier alpha value is -0.240. The SMILES string of the molecule is CCNC(Cc1cn(C)nn1)c1cc(Br)c(Br)s1. The van der Waals surface area contributed by atoms with E-state index in [2.05, 4.69) is 60.5 Å². The lowest BCUT2D eigenvalue weighted by molar-refractivity contribution is 0.551. The largest absolute Gasteiger partial charge is 0.309 e. The molecule has 4 nitrogen and oxygen atoms in total. The summed E-state index contributed by atoms with van der Waals surface area (Å²) < 4.78 is 3.96. The van der Waals surface area contributed by atoms with Gasteiger partial charge in [0.25, 0.3) is 0 Å². The van der Waals surface area contributed by atoms with E-state index in [0.717, 1.165) is 26.9 Å². The number of hydrogen-bond acceptors (Lipinski definition) is 4. The summed E-state index contributed by atoms with van der Waals surface area (Å²) in [6, 6.07) is 2.43. The Morgan fingerprint density at radius 1 is 1.50 bits per heavy atom. The van der Waals surface area contributed by atoms with E-state index in [-0.39, 0.29) is 6.04 Å². The molecule has 2 aromatic rings. The molecule has 0 aliphatic carbocycles. The van der Waals surface area contributed by atoms with Gasteiger partial charge in [-0.25, -0.2) is 0 Å². The van der Waals surface area contributed by atoms with Crippen LogP contribution in [0.15, 0.2) is 20.5 Å². The first kappa shape index (κ1) is 14.2. The molecule has 0 radical (unpaired) electrons. The Balaban J connectivity index is 2.17. The highest BCUT2D eigenvalue weighted by Gasteiger charge is 2.17. The predicted molar refractivity (Wildman–Crippen MR) is 80.8 cm³/mol. The maximum absolute atomic E-state index is 4.15. The number of likely N-dealkylation sites (N-methyl/N-ethyl adjacent to an activating group) is 1. The lowest BCUT2D eigenvalue weighted by Crippen LogP contribution is -2.22. The summed E-state index contributed by atoms with van der Waals surface area (Å²) in [7, 11) is 1.89. The smallest absolute Gasteiger partial charge is 0.0846 e. The summed E-state index contributed by atoms with van der Waals surface area (Å²) in [5.41, 5.74) is 1.00. The first-order valence-electron chi connectivity index (χ1n) is 5.63. The van der Waals surface area contributed by atoms with Gasteiger partial charge in [-0.05, 0) is 44.5 Å². The molecule has 0 amide bonds. The lowest BCUT2D eigenvalue weighted by Gasteiger charge is -2.14. The normalized spacial score (nSPS) is 12.9. The van der Waals surface area contributed by atoms with Crippen LogP contribution in [0.25, 0.3) is 0 Å². The zero-order chi connectivity index (χ0) is 13.1. The highest BCUT2D eigenvalue weighted by Crippen LogP contribution is 2.36. The number of nitrogens with one attached hydrogen (secondary N) is 1. The van der Waals surface area contributed by atoms with Crippen LogP contribution < -0.4 is 5.32 Å². The van der Waals surface area contributed by atoms with Gasteiger partial charge in [-0.3, -0.25) is 4.68 Å². The van der Waals surface area contributed by atoms with Crippen molar-refractivity contribution in [3.8, 4) is 0 Å². The van der Waals surface area contributed by atoms with Crippen molar-refractivity contribution < 1.29 is 0 Å². The molecule has 0 aliphatic rings. The maximum atomic E-state index is 4.15. The van der Waals surface area contributed by atoms with Crippen molar-refractivity contribution in [2.75, 3.05) is 6.54 Å². The number of aromatic nitrogens is 3. The topological polar surface area (TPSA) is 42.7 Å². The van der Waals surface area contributed by atoms with Crippen molar-refractivity contribution in [3.05, 3.63) is 31.1 Å². The predicted octanol–water partition coefficient (Wildman–Crippen LogP) is 3.29. The minimum atomic E-state index is 0.277. The van der Waals surface area contributed by atoms with Gasteiger partial charge < -0.3 is 5.32 Å². The van der Waals surface area contributed by atoms with Crippen molar-refractivity contribution in [3.63, 3.8) is 0 Å². The van der Waals surface area contributed by atoms with Gasteiger partial charge >= 0.3 is 0 Å². The van der Waals surface area contributed by atoms with Crippen molar-refractivity contribution in [1.29, 1.82) is 0 Å². The molecule has 7 heteroatoms. The molecule has 98 valence electrons. The molecule has 2 rings (SSSR count). The van der Waals surface area contributed by atoms with Gasteiger partial charge in [-0.2, -0.15) is 0 Å². The van der Waals surface area contributed by atoms with E-state index in [1.54, 1.807) is 16.0 Å². The molecule has 0 bridgehead atoms. The average Bonchev–Trinajstić information content (AvgIpc) is 2.86. The monoisotopic (exact) mass is 392 g/mol. The Labute approximate surface area is 127 Å². The highest BCUT2D eigenvalue weighted by atomic mass is 79.9. The summed E-state index contributed by atoms with van der Waals surface area (Å²) in [5.74, 6) is 0. The van der Waals surface area contributed by atoms with Crippen molar-refractivity contribution in [2.24, 2.45) is 7.05 Å². The van der Waals surface area contributed by atoms with Crippen LogP contribution in [0.5, 0.6) is 0 Å². The van der Waals surface area contributed by atoms with Crippen LogP contribution in [0.1, 0.15) is 23.5 Å². The molecule has 1 unspecified atom stereocenters. The van der Waals surface area contributed by atoms with Crippen molar-refractivity contribution in [1.82, 2.24) is 20.3 Å². The molecule has 2 heterocycles. The van der Waals surface area contributed by atoms with E-state index in [1.165, 1.54) is 4.88 Å². The summed E-state index contributed by atoms with van der Waals surface area (Å²) in [4.78, 5) is 1.29. The second-order valence-corrected chi connectivity index (χ2v) is 7.22. The van der Waals surface area contributed by atoms with Gasteiger partial charge in [-0.1, -0.05) is 12.1 Å². The summed E-state index contributed by atoms with van der Waals surface area (Å²) in [6.45, 7) is 3.04. The van der Waals surface area contributed by atoms with E-state index < -0.39 is 0 Å². The molecule has 1 atom stereocenters. The van der Waals surface area contributed by atoms with E-state index in [4.69, 9.17) is 0 Å². The Bertz CT molecular complexity index is 503. The number of hydrogen-bond donors (Lipinski definition) is 1. The number of aryl methyl sites for hydroxylation is 1. The van der Waals surface area contributed by atoms with Gasteiger partial charge in [0.1, 0.15) is 0 Å². The molecular weight excluding hydrogens is 380 g/mol. The quantitative estimate of drug-likeness (QED) is 0.847. The van der Waals surface area contributed by atoms with Gasteiger partial charge in [0.15, 0.2) is 0 Å². The number of nitrogens with zero attached hydrogens (tertiary/aromatic N) is 3. The molecule has 2 aromatic heterocycles. The van der Waals surface area contributed by atoms with E-state index in [1.807, 2.05) is 13.2 Å². The van der Waals surface area contributed by atoms with Crippen molar-refractivity contribution >= 4 is 43.2 Å². The molecular formula is C11H14Br2N4S. The summed E-state index contributed by atoms with van der Waals surface area (Å²) in [6.07, 6.45) is 2.81. The van der Waals surface area contributed by atoms with E-state index in [0.29, 0.717) is 0 Å². The van der Waals surface area contributed by atoms with Gasteiger partial charge in [0.2, 0.25) is 0 Å². The molecule has 0 aromatic carbocycles. The minimum absolute atomic E-state index is 0.277. The van der Waals surface area contributed by atoms with E-state index >= 15 is 0 Å². The second kappa shape index (κ2) is 6.27. The van der Waals surface area contributed by atoms with Crippen LogP contribution in [-0.2, 0) is 13.5 Å². The third-order valence-corrected chi connectivity index (χ3v) is 5.89. The Morgan fingerprint density at radius 3 is 2.78 bits per heavy atom. The Kier molecular flexibility index (Phi) is 4.94. The first-order chi connectivity index (χ1) is 8.60. The fourth-order valence-corrected chi connectivity index (χ4v) is 3.92. The third kappa shape index (κ3) is 3.40. The summed E-state index contributed by atoms with van der Waals surface area (Å²) in [5, 5.41) is 11.6. The fraction of sp³-hybridized carbons (Fsp3) is 0.455. The molecule has 0 spiro atoms. The molecule has 1 N–H and O–H groups in total. The first-order valence-corrected chi connectivity index (χ1v) is 8.03. The average molecular weight is 394 g/mol. The van der Waals surface area contributed by atoms with Crippen LogP contribution >= 0.6 is 43.2 Å². The molecule has 0 fully saturated rings. The molecule has 0 saturated heterocycles. The molecule has 0 saturated carbocycles. The third-order valence-electron chi connectivity index (χ3n) is 2.52. The van der Waals surface area contributed by atoms with Crippen LogP contribution in [0.3, 0.4) is 0 Å². The Morgan fingerprint density at radius 2 is 2.28 bits per heavy atom. The number of thiophene rings is 1. The number of rotatable bonds is 5. The number of halogens is 2. The maximum Gasteiger partial charge on any atom is 0.0846 e. The highest BCUT2D eigenvalue weighted by molar-refractivity contribution is 9.13. The summed E-state index contributed by atoms with van der Waals surface area (Å²) >= 11 is 8.81. The minimum Gasteiger partial charge on any atom is -0.309 e. The fourth-order valence-electron chi connectivity index (χ4n) is 1.75. The van der Waals surface area contributed by atoms with Crippen molar-refractivity contribution in [2.45, 2.75) is 19.4 Å². The molecule has 0 aliphatic heterocycles. The van der Waals surface area contributed by atoms with Gasteiger partial charge in [0, 0.05) is 35.1 Å². The van der Waals surface area contributed by atoms with Crippen LogP contribution in [-0.4, -0.2) is 21.5 Å². The zero-order valence-electron chi connectivity index (χ0n) is 10.2. The van der Waals surface area contributed by atoms with Crippen LogP contribution in [0.4, 0.5) is 0 Å². The standard InChI is InChI=1S/C11H14Br2N4S/c1-3-14-9(4-7-6-17(2)16-15-7)10-5-8(12)11(13)18-10/h5-6,9,14H,3-4H2,1-2H3. The van der Waals surface area contributed by atoms with Crippen LogP contribution in [0, 0.1) is 0 Å². The van der Waals surface area contributed by atoms with Gasteiger partial charge in [0.05, 0.1) is 9.48 Å². The lowest BCUT2D eigenvalue weighted by atomic mass is 10.1. The zero-order valence-corrected chi connectivity index (χ0v) is 14.1.